The highest BCUT2D eigenvalue weighted by molar-refractivity contribution is 5.81. The lowest BCUT2D eigenvalue weighted by molar-refractivity contribution is -0.274. The number of unbranched alkanes of at least 4 members (excludes halogenated alkanes) is 1. The number of ether oxygens (including phenoxy) is 2. The van der Waals surface area contributed by atoms with Gasteiger partial charge in [-0.3, -0.25) is 0 Å². The number of hydrogen-bond acceptors (Lipinski definition) is 3. The van der Waals surface area contributed by atoms with Crippen LogP contribution in [0.2, 0.25) is 0 Å². The van der Waals surface area contributed by atoms with E-state index in [0.717, 1.165) is 13.5 Å². The van der Waals surface area contributed by atoms with Crippen molar-refractivity contribution in [1.82, 2.24) is 0 Å². The number of allylic oxidation sites excluding steroid dienone is 1. The Hall–Kier alpha value is -1.04. The van der Waals surface area contributed by atoms with Gasteiger partial charge >= 0.3 is 12.1 Å². The molecule has 0 aromatic rings. The lowest BCUT2D eigenvalue weighted by atomic mass is 9.91. The Kier molecular flexibility index (Phi) is 5.40. The molecule has 1 rings (SSSR count). The highest BCUT2D eigenvalue weighted by Gasteiger charge is 2.63. The molecule has 0 N–H and O–H groups in total. The number of carbonyl (C=O) groups is 1. The molecule has 0 radical (unpaired) electrons. The van der Waals surface area contributed by atoms with Crippen LogP contribution < -0.4 is 0 Å². The maximum Gasteiger partial charge on any atom is 0.428 e. The topological polar surface area (TPSA) is 35.5 Å². The zero-order valence-electron chi connectivity index (χ0n) is 11.2. The molecule has 110 valence electrons. The van der Waals surface area contributed by atoms with E-state index in [2.05, 4.69) is 4.74 Å². The predicted molar refractivity (Wildman–Crippen MR) is 63.6 cm³/mol. The maximum atomic E-state index is 13.3. The molecule has 0 aliphatic carbocycles. The number of methoxy groups -OCH3 is 1. The second-order valence-corrected chi connectivity index (χ2v) is 4.60. The molecule has 0 bridgehead atoms. The molecule has 0 unspecified atom stereocenters. The van der Waals surface area contributed by atoms with Gasteiger partial charge in [0, 0.05) is 13.0 Å². The summed E-state index contributed by atoms with van der Waals surface area (Å²) in [6.45, 7) is 1.85. The van der Waals surface area contributed by atoms with Crippen molar-refractivity contribution in [1.29, 1.82) is 0 Å². The molecular formula is C13H19F3O3. The Labute approximate surface area is 110 Å². The van der Waals surface area contributed by atoms with Crippen molar-refractivity contribution in [3.05, 3.63) is 11.6 Å². The van der Waals surface area contributed by atoms with Gasteiger partial charge in [-0.2, -0.15) is 13.2 Å². The number of esters is 1. The summed E-state index contributed by atoms with van der Waals surface area (Å²) in [4.78, 5) is 11.6. The van der Waals surface area contributed by atoms with Crippen LogP contribution in [0.1, 0.15) is 39.0 Å². The van der Waals surface area contributed by atoms with Gasteiger partial charge in [0.05, 0.1) is 7.11 Å². The van der Waals surface area contributed by atoms with Crippen LogP contribution in [-0.4, -0.2) is 31.5 Å². The smallest absolute Gasteiger partial charge is 0.428 e. The summed E-state index contributed by atoms with van der Waals surface area (Å²) >= 11 is 0. The van der Waals surface area contributed by atoms with Gasteiger partial charge in [-0.25, -0.2) is 4.79 Å². The maximum absolute atomic E-state index is 13.3. The fourth-order valence-corrected chi connectivity index (χ4v) is 2.12. The quantitative estimate of drug-likeness (QED) is 0.587. The molecule has 1 atom stereocenters. The van der Waals surface area contributed by atoms with Gasteiger partial charge < -0.3 is 9.47 Å². The van der Waals surface area contributed by atoms with Crippen LogP contribution in [0, 0.1) is 0 Å². The Morgan fingerprint density at radius 3 is 2.74 bits per heavy atom. The number of carbonyl (C=O) groups excluding carboxylic acids is 1. The molecular weight excluding hydrogens is 261 g/mol. The summed E-state index contributed by atoms with van der Waals surface area (Å²) < 4.78 is 49.0. The van der Waals surface area contributed by atoms with Crippen LogP contribution in [-0.2, 0) is 14.3 Å². The van der Waals surface area contributed by atoms with Crippen LogP contribution in [0.5, 0.6) is 0 Å². The van der Waals surface area contributed by atoms with Gasteiger partial charge in [0.15, 0.2) is 0 Å². The molecule has 3 nitrogen and oxygen atoms in total. The Balaban J connectivity index is 3.10. The van der Waals surface area contributed by atoms with E-state index in [0.29, 0.717) is 24.8 Å². The minimum absolute atomic E-state index is 0.0991. The molecule has 0 spiro atoms. The van der Waals surface area contributed by atoms with Crippen molar-refractivity contribution in [2.24, 2.45) is 0 Å². The van der Waals surface area contributed by atoms with Gasteiger partial charge in [0.25, 0.3) is 5.60 Å². The first-order valence-corrected chi connectivity index (χ1v) is 6.34. The molecule has 1 fully saturated rings. The first-order valence-electron chi connectivity index (χ1n) is 6.34. The lowest BCUT2D eigenvalue weighted by Crippen LogP contribution is -2.54. The minimum atomic E-state index is -4.78. The largest absolute Gasteiger partial charge is 0.467 e. The molecule has 1 heterocycles. The Morgan fingerprint density at radius 2 is 2.21 bits per heavy atom. The van der Waals surface area contributed by atoms with Crippen LogP contribution in [0.25, 0.3) is 0 Å². The summed E-state index contributed by atoms with van der Waals surface area (Å²) in [5, 5.41) is 0. The molecule has 0 amide bonds. The molecule has 1 aliphatic heterocycles. The van der Waals surface area contributed by atoms with Crippen molar-refractivity contribution in [3.8, 4) is 0 Å². The van der Waals surface area contributed by atoms with Crippen LogP contribution in [0.4, 0.5) is 13.2 Å². The summed E-state index contributed by atoms with van der Waals surface area (Å²) in [6.07, 6.45) is -0.928. The third kappa shape index (κ3) is 3.49. The van der Waals surface area contributed by atoms with E-state index in [1.54, 1.807) is 6.08 Å². The predicted octanol–water partition coefficient (Wildman–Crippen LogP) is 3.39. The van der Waals surface area contributed by atoms with Crippen molar-refractivity contribution in [2.75, 3.05) is 13.7 Å². The summed E-state index contributed by atoms with van der Waals surface area (Å²) in [6, 6.07) is 0. The monoisotopic (exact) mass is 280 g/mol. The molecule has 19 heavy (non-hydrogen) atoms. The number of alkyl halides is 3. The minimum Gasteiger partial charge on any atom is -0.467 e. The van der Waals surface area contributed by atoms with E-state index in [1.807, 2.05) is 6.92 Å². The SMILES string of the molecule is CCC/C=C1\CCCO[C@@](C(=O)OC)(C(F)(F)F)C1. The second-order valence-electron chi connectivity index (χ2n) is 4.60. The summed E-state index contributed by atoms with van der Waals surface area (Å²) in [7, 11) is 0.944. The Morgan fingerprint density at radius 1 is 1.53 bits per heavy atom. The number of hydrogen-bond donors (Lipinski definition) is 0. The molecule has 0 saturated carbocycles. The molecule has 0 aromatic heterocycles. The second kappa shape index (κ2) is 6.41. The summed E-state index contributed by atoms with van der Waals surface area (Å²) in [5.41, 5.74) is -2.24. The van der Waals surface area contributed by atoms with E-state index < -0.39 is 24.2 Å². The number of halogens is 3. The molecule has 6 heteroatoms. The van der Waals surface area contributed by atoms with E-state index in [4.69, 9.17) is 4.74 Å². The fraction of sp³-hybridized carbons (Fsp3) is 0.769. The van der Waals surface area contributed by atoms with Crippen LogP contribution in [0.3, 0.4) is 0 Å². The average Bonchev–Trinajstić information content (AvgIpc) is 2.58. The summed E-state index contributed by atoms with van der Waals surface area (Å²) in [5.74, 6) is -1.37. The average molecular weight is 280 g/mol. The first-order chi connectivity index (χ1) is 8.87. The van der Waals surface area contributed by atoms with Gasteiger partial charge in [0.1, 0.15) is 0 Å². The third-order valence-electron chi connectivity index (χ3n) is 3.16. The van der Waals surface area contributed by atoms with E-state index >= 15 is 0 Å². The lowest BCUT2D eigenvalue weighted by Gasteiger charge is -2.31. The van der Waals surface area contributed by atoms with Gasteiger partial charge in [-0.1, -0.05) is 25.0 Å². The normalized spacial score (nSPS) is 27.1. The van der Waals surface area contributed by atoms with Crippen LogP contribution in [0.15, 0.2) is 11.6 Å². The highest BCUT2D eigenvalue weighted by Crippen LogP contribution is 2.42. The standard InChI is InChI=1S/C13H19F3O3/c1-3-4-6-10-7-5-8-19-12(9-10,11(17)18-2)13(14,15)16/h6H,3-5,7-9H2,1-2H3/b10-6+/t12-/m0/s1. The van der Waals surface area contributed by atoms with Crippen molar-refractivity contribution in [2.45, 2.75) is 50.8 Å². The van der Waals surface area contributed by atoms with Gasteiger partial charge in [0.2, 0.25) is 0 Å². The first kappa shape index (κ1) is 16.0. The van der Waals surface area contributed by atoms with Gasteiger partial charge in [-0.05, 0) is 19.3 Å². The molecule has 0 aromatic carbocycles. The molecule has 1 aliphatic rings. The third-order valence-corrected chi connectivity index (χ3v) is 3.16. The number of rotatable bonds is 3. The van der Waals surface area contributed by atoms with E-state index in [-0.39, 0.29) is 6.61 Å². The van der Waals surface area contributed by atoms with Crippen LogP contribution >= 0.6 is 0 Å². The zero-order valence-corrected chi connectivity index (χ0v) is 11.2. The molecule has 1 saturated heterocycles. The zero-order chi connectivity index (χ0) is 14.5. The van der Waals surface area contributed by atoms with Crippen molar-refractivity contribution in [3.63, 3.8) is 0 Å². The highest BCUT2D eigenvalue weighted by atomic mass is 19.4. The van der Waals surface area contributed by atoms with Crippen molar-refractivity contribution >= 4 is 5.97 Å². The fourth-order valence-electron chi connectivity index (χ4n) is 2.12. The van der Waals surface area contributed by atoms with E-state index in [1.165, 1.54) is 0 Å². The Bertz CT molecular complexity index is 350. The van der Waals surface area contributed by atoms with Crippen molar-refractivity contribution < 1.29 is 27.4 Å². The van der Waals surface area contributed by atoms with E-state index in [9.17, 15) is 18.0 Å². The van der Waals surface area contributed by atoms with Gasteiger partial charge in [-0.15, -0.1) is 0 Å².